The number of fused-ring (bicyclic) bond motifs is 1. The van der Waals surface area contributed by atoms with Gasteiger partial charge in [-0.15, -0.1) is 10.2 Å². The first-order valence-corrected chi connectivity index (χ1v) is 21.2. The highest BCUT2D eigenvalue weighted by Gasteiger charge is 2.31. The van der Waals surface area contributed by atoms with E-state index in [2.05, 4.69) is 75.7 Å². The molecule has 0 aromatic carbocycles. The standard InChI is InChI=1S/C44H56ClN9O3/c1-44(2,3)39-29-41(54(50-39)31-15-18-35(45)38(20-16-31)56-28-27-51-23-11-12-24-51)47-42(55)46-36-19-21-37(34-14-8-5-4-7-13-33(34)36)57-32-17-22-40-48-49-43(53(40)30-32)52-25-9-6-10-26-52/h7-8,13-15,17-18,20,22,29-30,36-37H,4-6,9-12,16,19,21,23-28H2,1-3H3,(H2,46,47,55)/b13-7-,14-8?/t36-,37+/m0/s1. The van der Waals surface area contributed by atoms with E-state index in [4.69, 9.17) is 26.2 Å². The van der Waals surface area contributed by atoms with Crippen molar-refractivity contribution in [1.82, 2.24) is 34.6 Å². The number of piperidine rings is 1. The summed E-state index contributed by atoms with van der Waals surface area (Å²) < 4.78 is 16.8. The molecule has 2 atom stereocenters. The molecule has 12 nitrogen and oxygen atoms in total. The van der Waals surface area contributed by atoms with Crippen LogP contribution in [0.15, 0.2) is 88.9 Å². The maximum Gasteiger partial charge on any atom is 0.320 e. The summed E-state index contributed by atoms with van der Waals surface area (Å²) in [6.45, 7) is 12.1. The summed E-state index contributed by atoms with van der Waals surface area (Å²) in [4.78, 5) is 18.7. The number of carbonyl (C=O) groups excluding carboxylic acids is 1. The number of anilines is 2. The van der Waals surface area contributed by atoms with Crippen LogP contribution in [0.3, 0.4) is 0 Å². The molecule has 0 spiro atoms. The van der Waals surface area contributed by atoms with Crippen molar-refractivity contribution in [2.24, 2.45) is 0 Å². The molecule has 0 saturated carbocycles. The molecule has 2 fully saturated rings. The molecule has 2 saturated heterocycles. The zero-order chi connectivity index (χ0) is 39.4. The summed E-state index contributed by atoms with van der Waals surface area (Å²) in [6, 6.07) is 5.42. The summed E-state index contributed by atoms with van der Waals surface area (Å²) >= 11 is 6.70. The largest absolute Gasteiger partial charge is 0.491 e. The first-order valence-electron chi connectivity index (χ1n) is 20.8. The van der Waals surface area contributed by atoms with Crippen molar-refractivity contribution in [2.45, 2.75) is 103 Å². The Morgan fingerprint density at radius 3 is 2.51 bits per heavy atom. The van der Waals surface area contributed by atoms with Gasteiger partial charge in [-0.1, -0.05) is 56.7 Å². The number of hydrogen-bond donors (Lipinski definition) is 2. The van der Waals surface area contributed by atoms with Gasteiger partial charge in [0, 0.05) is 43.2 Å². The highest BCUT2D eigenvalue weighted by molar-refractivity contribution is 6.32. The molecule has 2 N–H and O–H groups in total. The Bertz CT molecular complexity index is 2120. The molecule has 5 aliphatic rings. The minimum Gasteiger partial charge on any atom is -0.491 e. The van der Waals surface area contributed by atoms with Crippen molar-refractivity contribution >= 4 is 40.7 Å². The van der Waals surface area contributed by atoms with Crippen LogP contribution in [0.4, 0.5) is 16.6 Å². The predicted octanol–water partition coefficient (Wildman–Crippen LogP) is 8.51. The van der Waals surface area contributed by atoms with Crippen molar-refractivity contribution in [2.75, 3.05) is 49.5 Å². The quantitative estimate of drug-likeness (QED) is 0.210. The Hall–Kier alpha value is -4.81. The number of rotatable bonds is 10. The molecule has 3 aromatic rings. The Morgan fingerprint density at radius 1 is 0.947 bits per heavy atom. The van der Waals surface area contributed by atoms with Crippen LogP contribution < -0.4 is 20.3 Å². The summed E-state index contributed by atoms with van der Waals surface area (Å²) in [7, 11) is 0. The number of aromatic nitrogens is 5. The second-order valence-electron chi connectivity index (χ2n) is 16.7. The number of halogens is 1. The maximum absolute atomic E-state index is 14.0. The Kier molecular flexibility index (Phi) is 11.9. The van der Waals surface area contributed by atoms with Crippen LogP contribution in [0, 0.1) is 0 Å². The van der Waals surface area contributed by atoms with Gasteiger partial charge in [0.05, 0.1) is 23.0 Å². The van der Waals surface area contributed by atoms with Crippen molar-refractivity contribution in [3.63, 3.8) is 0 Å². The predicted molar refractivity (Wildman–Crippen MR) is 227 cm³/mol. The van der Waals surface area contributed by atoms with Gasteiger partial charge in [0.1, 0.15) is 30.0 Å². The number of hydrogen-bond acceptors (Lipinski definition) is 8. The van der Waals surface area contributed by atoms with E-state index in [-0.39, 0.29) is 23.6 Å². The average molecular weight is 794 g/mol. The smallest absolute Gasteiger partial charge is 0.320 e. The van der Waals surface area contributed by atoms with Crippen LogP contribution in [0.25, 0.3) is 11.3 Å². The fourth-order valence-electron chi connectivity index (χ4n) is 8.28. The van der Waals surface area contributed by atoms with Gasteiger partial charge in [-0.3, -0.25) is 14.6 Å². The van der Waals surface area contributed by atoms with Crippen LogP contribution in [-0.4, -0.2) is 86.8 Å². The monoisotopic (exact) mass is 793 g/mol. The van der Waals surface area contributed by atoms with Crippen molar-refractivity contribution in [1.29, 1.82) is 0 Å². The number of allylic oxidation sites excluding steroid dienone is 7. The van der Waals surface area contributed by atoms with Gasteiger partial charge in [-0.25, -0.2) is 9.48 Å². The lowest BCUT2D eigenvalue weighted by molar-refractivity contribution is 0.178. The molecule has 3 aromatic heterocycles. The fourth-order valence-corrected chi connectivity index (χ4v) is 8.47. The van der Waals surface area contributed by atoms with E-state index in [1.807, 2.05) is 51.7 Å². The highest BCUT2D eigenvalue weighted by Crippen LogP contribution is 2.34. The van der Waals surface area contributed by atoms with Crippen LogP contribution >= 0.6 is 11.6 Å². The van der Waals surface area contributed by atoms with E-state index in [9.17, 15) is 4.79 Å². The third-order valence-corrected chi connectivity index (χ3v) is 11.8. The number of likely N-dealkylation sites (tertiary alicyclic amines) is 1. The van der Waals surface area contributed by atoms with Gasteiger partial charge in [0.2, 0.25) is 5.95 Å². The SMILES string of the molecule is CC(C)(C)c1cc(NC(=O)N[C@H]2CC[C@@H](Oc3ccc4nnc(N5CCCCC5)n4c3)C3=C2/C=C\CCC=C3)n(C2=CC=C(Cl)C(OCCN3CCCC3)=CC2)n1. The topological polar surface area (TPSA) is 114 Å². The number of amides is 2. The minimum absolute atomic E-state index is 0.174. The Balaban J connectivity index is 0.986. The zero-order valence-electron chi connectivity index (χ0n) is 33.6. The summed E-state index contributed by atoms with van der Waals surface area (Å²) in [6.07, 6.45) is 26.4. The lowest BCUT2D eigenvalue weighted by Gasteiger charge is -2.33. The zero-order valence-corrected chi connectivity index (χ0v) is 34.3. The molecule has 5 heterocycles. The molecule has 302 valence electrons. The molecule has 3 aliphatic carbocycles. The molecular weight excluding hydrogens is 738 g/mol. The molecule has 0 unspecified atom stereocenters. The second kappa shape index (κ2) is 17.4. The first kappa shape index (κ1) is 39.0. The van der Waals surface area contributed by atoms with Gasteiger partial charge in [-0.05, 0) is 112 Å². The molecule has 0 bridgehead atoms. The number of pyridine rings is 1. The number of urea groups is 1. The number of nitrogens with one attached hydrogen (secondary N) is 2. The van der Waals surface area contributed by atoms with E-state index >= 15 is 0 Å². The fraction of sp³-hybridized carbons (Fsp3) is 0.500. The third kappa shape index (κ3) is 9.17. The molecular formula is C44H56ClN9O3. The minimum atomic E-state index is -0.292. The lowest BCUT2D eigenvalue weighted by atomic mass is 9.84. The molecule has 0 radical (unpaired) electrons. The molecule has 57 heavy (non-hydrogen) atoms. The van der Waals surface area contributed by atoms with Crippen molar-refractivity contribution < 1.29 is 14.3 Å². The van der Waals surface area contributed by atoms with Crippen LogP contribution in [0.5, 0.6) is 5.75 Å². The van der Waals surface area contributed by atoms with E-state index in [1.165, 1.54) is 19.3 Å². The lowest BCUT2D eigenvalue weighted by Crippen LogP contribution is -2.43. The number of ether oxygens (including phenoxy) is 2. The highest BCUT2D eigenvalue weighted by atomic mass is 35.5. The first-order chi connectivity index (χ1) is 27.7. The van der Waals surface area contributed by atoms with Gasteiger partial charge < -0.3 is 19.7 Å². The third-order valence-electron chi connectivity index (χ3n) is 11.5. The van der Waals surface area contributed by atoms with Gasteiger partial charge in [-0.2, -0.15) is 5.10 Å². The van der Waals surface area contributed by atoms with Gasteiger partial charge >= 0.3 is 6.03 Å². The molecule has 8 rings (SSSR count). The van der Waals surface area contributed by atoms with Gasteiger partial charge in [0.15, 0.2) is 5.65 Å². The van der Waals surface area contributed by atoms with Gasteiger partial charge in [0.25, 0.3) is 0 Å². The van der Waals surface area contributed by atoms with Crippen molar-refractivity contribution in [3.05, 3.63) is 94.6 Å². The summed E-state index contributed by atoms with van der Waals surface area (Å²) in [5.74, 6) is 2.90. The van der Waals surface area contributed by atoms with E-state index < -0.39 is 0 Å². The molecule has 13 heteroatoms. The summed E-state index contributed by atoms with van der Waals surface area (Å²) in [5.41, 5.74) is 4.46. The van der Waals surface area contributed by atoms with E-state index in [1.54, 1.807) is 0 Å². The van der Waals surface area contributed by atoms with E-state index in [0.29, 0.717) is 29.6 Å². The normalized spacial score (nSPS) is 22.5. The molecule has 2 aliphatic heterocycles. The van der Waals surface area contributed by atoms with Crippen molar-refractivity contribution in [3.8, 4) is 5.75 Å². The van der Waals surface area contributed by atoms with E-state index in [0.717, 1.165) is 111 Å². The number of carbonyl (C=O) groups is 1. The average Bonchev–Trinajstić information content (AvgIpc) is 3.94. The number of nitrogens with zero attached hydrogens (tertiary/aromatic N) is 7. The van der Waals surface area contributed by atoms with Crippen LogP contribution in [0.1, 0.15) is 90.7 Å². The second-order valence-corrected chi connectivity index (χ2v) is 17.1. The summed E-state index contributed by atoms with van der Waals surface area (Å²) in [5, 5.41) is 21.0. The Morgan fingerprint density at radius 2 is 1.72 bits per heavy atom. The van der Waals surface area contributed by atoms with Crippen LogP contribution in [-0.2, 0) is 10.2 Å². The Labute approximate surface area is 341 Å². The van der Waals surface area contributed by atoms with Crippen LogP contribution in [0.2, 0.25) is 0 Å². The maximum atomic E-state index is 14.0. The molecule has 2 amide bonds.